The summed E-state index contributed by atoms with van der Waals surface area (Å²) in [5, 5.41) is 5.72. The van der Waals surface area contributed by atoms with Gasteiger partial charge in [-0.3, -0.25) is 4.79 Å². The molecule has 1 aromatic heterocycles. The minimum atomic E-state index is -0.229. The average molecular weight is 545 g/mol. The maximum absolute atomic E-state index is 13.3. The Labute approximate surface area is 215 Å². The van der Waals surface area contributed by atoms with E-state index in [9.17, 15) is 4.79 Å². The van der Waals surface area contributed by atoms with Crippen molar-refractivity contribution in [1.82, 2.24) is 9.66 Å². The van der Waals surface area contributed by atoms with E-state index < -0.39 is 0 Å². The third-order valence-electron chi connectivity index (χ3n) is 5.37. The molecule has 5 nitrogen and oxygen atoms in total. The highest BCUT2D eigenvalue weighted by Crippen LogP contribution is 2.27. The van der Waals surface area contributed by atoms with Gasteiger partial charge >= 0.3 is 0 Å². The second-order valence-corrected chi connectivity index (χ2v) is 9.08. The molecule has 1 heterocycles. The first-order chi connectivity index (χ1) is 17.1. The highest BCUT2D eigenvalue weighted by molar-refractivity contribution is 9.10. The molecule has 0 radical (unpaired) electrons. The fraction of sp³-hybridized carbons (Fsp3) is 0.0357. The third kappa shape index (κ3) is 5.19. The lowest BCUT2D eigenvalue weighted by molar-refractivity contribution is 0.304. The number of para-hydroxylation sites is 1. The molecule has 0 saturated heterocycles. The zero-order chi connectivity index (χ0) is 24.2. The first-order valence-electron chi connectivity index (χ1n) is 10.9. The molecular formula is C28H19BrClN3O2. The van der Waals surface area contributed by atoms with E-state index in [1.165, 1.54) is 4.68 Å². The van der Waals surface area contributed by atoms with Gasteiger partial charge in [0.25, 0.3) is 5.56 Å². The van der Waals surface area contributed by atoms with E-state index in [0.29, 0.717) is 34.1 Å². The molecule has 0 atom stereocenters. The first kappa shape index (κ1) is 23.0. The number of aromatic nitrogens is 2. The van der Waals surface area contributed by atoms with Crippen LogP contribution in [0.4, 0.5) is 0 Å². The highest BCUT2D eigenvalue weighted by atomic mass is 79.9. The maximum Gasteiger partial charge on any atom is 0.282 e. The van der Waals surface area contributed by atoms with Crippen LogP contribution in [0.1, 0.15) is 11.1 Å². The Balaban J connectivity index is 1.45. The number of rotatable bonds is 6. The monoisotopic (exact) mass is 543 g/mol. The quantitative estimate of drug-likeness (QED) is 0.218. The molecular weight excluding hydrogens is 526 g/mol. The minimum Gasteiger partial charge on any atom is -0.488 e. The largest absolute Gasteiger partial charge is 0.488 e. The van der Waals surface area contributed by atoms with Crippen LogP contribution in [0.3, 0.4) is 0 Å². The second-order valence-electron chi connectivity index (χ2n) is 7.79. The number of benzene rings is 4. The van der Waals surface area contributed by atoms with Crippen molar-refractivity contribution in [2.24, 2.45) is 5.10 Å². The van der Waals surface area contributed by atoms with Crippen LogP contribution < -0.4 is 10.3 Å². The van der Waals surface area contributed by atoms with Crippen molar-refractivity contribution in [2.75, 3.05) is 0 Å². The number of hydrogen-bond acceptors (Lipinski definition) is 4. The summed E-state index contributed by atoms with van der Waals surface area (Å²) < 4.78 is 8.05. The molecule has 0 bridgehead atoms. The predicted octanol–water partition coefficient (Wildman–Crippen LogP) is 6.94. The molecule has 0 spiro atoms. The molecule has 0 saturated carbocycles. The topological polar surface area (TPSA) is 56.5 Å². The zero-order valence-corrected chi connectivity index (χ0v) is 20.8. The van der Waals surface area contributed by atoms with Crippen molar-refractivity contribution >= 4 is 44.6 Å². The van der Waals surface area contributed by atoms with E-state index in [2.05, 4.69) is 21.0 Å². The van der Waals surface area contributed by atoms with E-state index in [-0.39, 0.29) is 5.56 Å². The van der Waals surface area contributed by atoms with Gasteiger partial charge in [-0.15, -0.1) is 0 Å². The van der Waals surface area contributed by atoms with Crippen LogP contribution in [0.25, 0.3) is 22.3 Å². The van der Waals surface area contributed by atoms with Gasteiger partial charge in [0.2, 0.25) is 0 Å². The summed E-state index contributed by atoms with van der Waals surface area (Å²) in [6.45, 7) is 0.418. The van der Waals surface area contributed by atoms with Gasteiger partial charge in [0.15, 0.2) is 5.82 Å². The molecule has 5 aromatic rings. The zero-order valence-electron chi connectivity index (χ0n) is 18.4. The lowest BCUT2D eigenvalue weighted by Crippen LogP contribution is -2.20. The van der Waals surface area contributed by atoms with Gasteiger partial charge in [-0.2, -0.15) is 9.78 Å². The Morgan fingerprint density at radius 2 is 1.69 bits per heavy atom. The molecule has 0 unspecified atom stereocenters. The van der Waals surface area contributed by atoms with Gasteiger partial charge in [-0.1, -0.05) is 66.2 Å². The van der Waals surface area contributed by atoms with Gasteiger partial charge in [0.1, 0.15) is 12.4 Å². The van der Waals surface area contributed by atoms with E-state index in [4.69, 9.17) is 21.3 Å². The number of hydrogen-bond donors (Lipinski definition) is 0. The van der Waals surface area contributed by atoms with Crippen molar-refractivity contribution in [3.63, 3.8) is 0 Å². The van der Waals surface area contributed by atoms with Crippen molar-refractivity contribution in [3.8, 4) is 17.1 Å². The Bertz CT molecular complexity index is 1580. The summed E-state index contributed by atoms with van der Waals surface area (Å²) in [7, 11) is 0. The molecule has 0 amide bonds. The van der Waals surface area contributed by atoms with Gasteiger partial charge in [-0.25, -0.2) is 4.98 Å². The third-order valence-corrected chi connectivity index (χ3v) is 6.24. The van der Waals surface area contributed by atoms with E-state index in [0.717, 1.165) is 21.2 Å². The summed E-state index contributed by atoms with van der Waals surface area (Å²) in [6.07, 6.45) is 1.64. The summed E-state index contributed by atoms with van der Waals surface area (Å²) in [6, 6.07) is 30.0. The smallest absolute Gasteiger partial charge is 0.282 e. The fourth-order valence-electron chi connectivity index (χ4n) is 3.59. The number of nitrogens with zero attached hydrogens (tertiary/aromatic N) is 3. The van der Waals surface area contributed by atoms with Crippen molar-refractivity contribution in [1.29, 1.82) is 0 Å². The van der Waals surface area contributed by atoms with Crippen LogP contribution in [0.2, 0.25) is 5.02 Å². The van der Waals surface area contributed by atoms with Gasteiger partial charge in [0.05, 0.1) is 21.6 Å². The van der Waals surface area contributed by atoms with Gasteiger partial charge < -0.3 is 4.74 Å². The lowest BCUT2D eigenvalue weighted by atomic mass is 10.2. The predicted molar refractivity (Wildman–Crippen MR) is 144 cm³/mol. The van der Waals surface area contributed by atoms with Crippen LogP contribution in [0.5, 0.6) is 5.75 Å². The van der Waals surface area contributed by atoms with Crippen molar-refractivity contribution in [2.45, 2.75) is 6.61 Å². The standard InChI is InChI=1S/C28H19BrClN3O2/c29-24-16-20(12-15-26(24)35-18-19-10-13-22(30)14-11-19)17-31-33-27(21-6-2-1-3-7-21)32-25-9-5-4-8-23(25)28(33)34/h1-17H,18H2. The van der Waals surface area contributed by atoms with Gasteiger partial charge in [0, 0.05) is 10.6 Å². The highest BCUT2D eigenvalue weighted by Gasteiger charge is 2.12. The minimum absolute atomic E-state index is 0.229. The van der Waals surface area contributed by atoms with E-state index >= 15 is 0 Å². The Morgan fingerprint density at radius 1 is 0.943 bits per heavy atom. The Hall–Kier alpha value is -3.74. The summed E-state index contributed by atoms with van der Waals surface area (Å²) >= 11 is 9.51. The second kappa shape index (κ2) is 10.3. The van der Waals surface area contributed by atoms with Crippen LogP contribution in [-0.4, -0.2) is 15.9 Å². The molecule has 5 rings (SSSR count). The van der Waals surface area contributed by atoms with Gasteiger partial charge in [-0.05, 0) is 69.5 Å². The van der Waals surface area contributed by atoms with Crippen LogP contribution in [0.15, 0.2) is 111 Å². The van der Waals surface area contributed by atoms with Crippen molar-refractivity contribution in [3.05, 3.63) is 128 Å². The normalized spacial score (nSPS) is 11.3. The molecule has 0 aliphatic heterocycles. The van der Waals surface area contributed by atoms with Crippen molar-refractivity contribution < 1.29 is 4.74 Å². The number of fused-ring (bicyclic) bond motifs is 1. The fourth-order valence-corrected chi connectivity index (χ4v) is 4.22. The summed E-state index contributed by atoms with van der Waals surface area (Å²) in [5.74, 6) is 1.18. The molecule has 0 aliphatic rings. The molecule has 0 aliphatic carbocycles. The molecule has 172 valence electrons. The first-order valence-corrected chi connectivity index (χ1v) is 12.0. The van der Waals surface area contributed by atoms with Crippen LogP contribution in [-0.2, 0) is 6.61 Å². The average Bonchev–Trinajstić information content (AvgIpc) is 2.89. The number of ether oxygens (including phenoxy) is 1. The van der Waals surface area contributed by atoms with E-state index in [1.807, 2.05) is 91.0 Å². The molecule has 4 aromatic carbocycles. The molecule has 35 heavy (non-hydrogen) atoms. The SMILES string of the molecule is O=c1c2ccccc2nc(-c2ccccc2)n1N=Cc1ccc(OCc2ccc(Cl)cc2)c(Br)c1. The van der Waals surface area contributed by atoms with Crippen LogP contribution >= 0.6 is 27.5 Å². The summed E-state index contributed by atoms with van der Waals surface area (Å²) in [5.41, 5.74) is 3.03. The summed E-state index contributed by atoms with van der Waals surface area (Å²) in [4.78, 5) is 18.0. The maximum atomic E-state index is 13.3. The molecule has 0 N–H and O–H groups in total. The molecule has 7 heteroatoms. The lowest BCUT2D eigenvalue weighted by Gasteiger charge is -2.10. The van der Waals surface area contributed by atoms with Crippen LogP contribution in [0, 0.1) is 0 Å². The molecule has 0 fully saturated rings. The number of halogens is 2. The van der Waals surface area contributed by atoms with E-state index in [1.54, 1.807) is 12.3 Å². The Kier molecular flexibility index (Phi) is 6.75. The Morgan fingerprint density at radius 3 is 2.46 bits per heavy atom.